The maximum atomic E-state index is 11.8. The Hall–Kier alpha value is -1.77. The molecule has 7 nitrogen and oxygen atoms in total. The predicted octanol–water partition coefficient (Wildman–Crippen LogP) is 2.80. The highest BCUT2D eigenvalue weighted by atomic mass is 32.3. The van der Waals surface area contributed by atoms with Crippen molar-refractivity contribution in [3.63, 3.8) is 0 Å². The summed E-state index contributed by atoms with van der Waals surface area (Å²) in [5.41, 5.74) is 0.977. The summed E-state index contributed by atoms with van der Waals surface area (Å²) >= 11 is 0. The minimum absolute atomic E-state index is 0.0307. The number of imidazole rings is 1. The minimum atomic E-state index is -2.40. The van der Waals surface area contributed by atoms with E-state index >= 15 is 0 Å². The first-order valence-corrected chi connectivity index (χ1v) is 9.41. The van der Waals surface area contributed by atoms with Gasteiger partial charge in [-0.05, 0) is 13.0 Å². The van der Waals surface area contributed by atoms with Crippen molar-refractivity contribution in [1.29, 1.82) is 0 Å². The Bertz CT molecular complexity index is 705. The van der Waals surface area contributed by atoms with Gasteiger partial charge in [0, 0.05) is 36.6 Å². The summed E-state index contributed by atoms with van der Waals surface area (Å²) in [6.45, 7) is 2.07. The summed E-state index contributed by atoms with van der Waals surface area (Å²) < 4.78 is 31.8. The van der Waals surface area contributed by atoms with Crippen molar-refractivity contribution in [3.05, 3.63) is 30.2 Å². The van der Waals surface area contributed by atoms with Crippen molar-refractivity contribution in [1.82, 2.24) is 9.38 Å². The van der Waals surface area contributed by atoms with E-state index in [0.29, 0.717) is 48.0 Å². The fourth-order valence-electron chi connectivity index (χ4n) is 2.59. The number of aromatic nitrogens is 2. The second-order valence-corrected chi connectivity index (χ2v) is 7.90. The first-order valence-electron chi connectivity index (χ1n) is 7.53. The van der Waals surface area contributed by atoms with Crippen LogP contribution in [0.25, 0.3) is 5.65 Å². The second-order valence-electron chi connectivity index (χ2n) is 5.48. The number of ether oxygens (including phenoxy) is 2. The van der Waals surface area contributed by atoms with Crippen LogP contribution in [-0.2, 0) is 4.74 Å². The number of pyridine rings is 1. The number of hydrogen-bond donors (Lipinski definition) is 2. The zero-order chi connectivity index (χ0) is 16.4. The van der Waals surface area contributed by atoms with E-state index in [1.807, 2.05) is 0 Å². The maximum absolute atomic E-state index is 11.8. The van der Waals surface area contributed by atoms with Crippen molar-refractivity contribution < 1.29 is 23.4 Å². The zero-order valence-electron chi connectivity index (χ0n) is 12.8. The molecule has 23 heavy (non-hydrogen) atoms. The van der Waals surface area contributed by atoms with Gasteiger partial charge in [0.15, 0.2) is 5.69 Å². The normalized spacial score (nSPS) is 19.4. The van der Waals surface area contributed by atoms with Gasteiger partial charge in [-0.3, -0.25) is 13.5 Å². The molecule has 0 spiro atoms. The molecule has 0 unspecified atom stereocenters. The van der Waals surface area contributed by atoms with Crippen LogP contribution in [0.2, 0.25) is 0 Å². The number of rotatable bonds is 4. The third-order valence-corrected chi connectivity index (χ3v) is 5.58. The molecule has 2 aromatic rings. The van der Waals surface area contributed by atoms with Crippen LogP contribution in [0.1, 0.15) is 30.3 Å². The van der Waals surface area contributed by atoms with Crippen LogP contribution in [0.3, 0.4) is 0 Å². The van der Waals surface area contributed by atoms with Gasteiger partial charge in [0.1, 0.15) is 17.5 Å². The number of fused-ring (bicyclic) bond motifs is 1. The van der Waals surface area contributed by atoms with E-state index in [4.69, 9.17) is 9.47 Å². The maximum Gasteiger partial charge on any atom is 0.356 e. The molecule has 0 amide bonds. The number of carbonyl (C=O) groups excluding carboxylic acids is 1. The monoisotopic (exact) mass is 340 g/mol. The molecule has 1 saturated heterocycles. The van der Waals surface area contributed by atoms with Gasteiger partial charge < -0.3 is 9.47 Å². The lowest BCUT2D eigenvalue weighted by Crippen LogP contribution is -2.28. The lowest BCUT2D eigenvalue weighted by molar-refractivity contribution is 0.0518. The molecule has 3 heterocycles. The second kappa shape index (κ2) is 6.38. The molecular formula is C15H20N2O5S. The molecule has 8 heteroatoms. The zero-order valence-corrected chi connectivity index (χ0v) is 13.7. The minimum Gasteiger partial charge on any atom is -0.490 e. The molecule has 3 rings (SSSR count). The predicted molar refractivity (Wildman–Crippen MR) is 87.4 cm³/mol. The first-order chi connectivity index (χ1) is 11.0. The summed E-state index contributed by atoms with van der Waals surface area (Å²) in [4.78, 5) is 16.0. The molecule has 0 radical (unpaired) electrons. The Morgan fingerprint density at radius 1 is 1.43 bits per heavy atom. The quantitative estimate of drug-likeness (QED) is 0.831. The molecule has 2 aromatic heterocycles. The van der Waals surface area contributed by atoms with Gasteiger partial charge in [-0.2, -0.15) is 10.6 Å². The van der Waals surface area contributed by atoms with Crippen LogP contribution < -0.4 is 4.74 Å². The van der Waals surface area contributed by atoms with Crippen LogP contribution in [0.5, 0.6) is 5.75 Å². The van der Waals surface area contributed by atoms with E-state index in [1.54, 1.807) is 29.7 Å². The molecule has 0 aromatic carbocycles. The van der Waals surface area contributed by atoms with E-state index in [1.165, 1.54) is 6.20 Å². The topological polar surface area (TPSA) is 93.3 Å². The van der Waals surface area contributed by atoms with Crippen molar-refractivity contribution in [3.8, 4) is 5.75 Å². The summed E-state index contributed by atoms with van der Waals surface area (Å²) in [5, 5.41) is 0. The highest BCUT2D eigenvalue weighted by molar-refractivity contribution is 8.24. The number of carbonyl (C=O) groups is 1. The van der Waals surface area contributed by atoms with E-state index in [0.717, 1.165) is 0 Å². The molecule has 0 bridgehead atoms. The first kappa shape index (κ1) is 16.1. The molecule has 1 aliphatic rings. The van der Waals surface area contributed by atoms with Gasteiger partial charge in [0.2, 0.25) is 0 Å². The lowest BCUT2D eigenvalue weighted by Gasteiger charge is -2.39. The van der Waals surface area contributed by atoms with E-state index in [2.05, 4.69) is 4.98 Å². The van der Waals surface area contributed by atoms with Crippen LogP contribution >= 0.6 is 10.6 Å². The SMILES string of the molecule is CCOC(=O)c1cnc2cc(OC3CCS(O)(O)CC3)ccn12. The van der Waals surface area contributed by atoms with Crippen molar-refractivity contribution in [2.24, 2.45) is 0 Å². The van der Waals surface area contributed by atoms with Crippen LogP contribution in [0.15, 0.2) is 24.5 Å². The third kappa shape index (κ3) is 3.60. The Balaban J connectivity index is 1.73. The summed E-state index contributed by atoms with van der Waals surface area (Å²) in [6, 6.07) is 3.53. The van der Waals surface area contributed by atoms with Gasteiger partial charge in [-0.1, -0.05) is 0 Å². The Kier molecular flexibility index (Phi) is 4.47. The highest BCUT2D eigenvalue weighted by Crippen LogP contribution is 2.44. The van der Waals surface area contributed by atoms with Gasteiger partial charge in [-0.15, -0.1) is 0 Å². The average molecular weight is 340 g/mol. The number of hydrogen-bond acceptors (Lipinski definition) is 6. The fraction of sp³-hybridized carbons (Fsp3) is 0.467. The van der Waals surface area contributed by atoms with Crippen LogP contribution in [0, 0.1) is 0 Å². The molecule has 0 saturated carbocycles. The smallest absolute Gasteiger partial charge is 0.356 e. The molecule has 0 atom stereocenters. The molecule has 1 fully saturated rings. The summed E-state index contributed by atoms with van der Waals surface area (Å²) in [7, 11) is -2.40. The third-order valence-electron chi connectivity index (χ3n) is 3.81. The van der Waals surface area contributed by atoms with Gasteiger partial charge in [0.05, 0.1) is 12.8 Å². The molecule has 0 aliphatic carbocycles. The Morgan fingerprint density at radius 3 is 2.87 bits per heavy atom. The molecule has 126 valence electrons. The number of nitrogens with zero attached hydrogens (tertiary/aromatic N) is 2. The highest BCUT2D eigenvalue weighted by Gasteiger charge is 2.25. The lowest BCUT2D eigenvalue weighted by atomic mass is 10.2. The molecular weight excluding hydrogens is 320 g/mol. The van der Waals surface area contributed by atoms with Crippen molar-refractivity contribution >= 4 is 22.2 Å². The van der Waals surface area contributed by atoms with E-state index in [9.17, 15) is 13.9 Å². The van der Waals surface area contributed by atoms with Crippen LogP contribution in [0.4, 0.5) is 0 Å². The van der Waals surface area contributed by atoms with Crippen molar-refractivity contribution in [2.75, 3.05) is 18.1 Å². The average Bonchev–Trinajstić information content (AvgIpc) is 2.93. The van der Waals surface area contributed by atoms with Crippen molar-refractivity contribution in [2.45, 2.75) is 25.9 Å². The van der Waals surface area contributed by atoms with E-state index < -0.39 is 16.6 Å². The molecule has 1 aliphatic heterocycles. The van der Waals surface area contributed by atoms with Gasteiger partial charge in [-0.25, -0.2) is 9.78 Å². The number of esters is 1. The van der Waals surface area contributed by atoms with Gasteiger partial charge in [0.25, 0.3) is 0 Å². The summed E-state index contributed by atoms with van der Waals surface area (Å²) in [5.74, 6) is 1.01. The molecule has 2 N–H and O–H groups in total. The van der Waals surface area contributed by atoms with E-state index in [-0.39, 0.29) is 6.10 Å². The Morgan fingerprint density at radius 2 is 2.17 bits per heavy atom. The standard InChI is InChI=1S/C15H20N2O5S/c1-2-21-15(18)13-10-16-14-9-12(3-6-17(13)14)22-11-4-7-23(19,20)8-5-11/h3,6,9-11,19-20H,2,4-5,7-8H2,1H3. The Labute approximate surface area is 135 Å². The summed E-state index contributed by atoms with van der Waals surface area (Å²) in [6.07, 6.45) is 4.41. The largest absolute Gasteiger partial charge is 0.490 e. The van der Waals surface area contributed by atoms with Gasteiger partial charge >= 0.3 is 5.97 Å². The van der Waals surface area contributed by atoms with Crippen LogP contribution in [-0.4, -0.2) is 48.7 Å². The fourth-order valence-corrected chi connectivity index (χ4v) is 4.07.